The van der Waals surface area contributed by atoms with Crippen molar-refractivity contribution in [1.29, 1.82) is 0 Å². The van der Waals surface area contributed by atoms with Crippen molar-refractivity contribution in [2.75, 3.05) is 6.54 Å². The third-order valence-electron chi connectivity index (χ3n) is 2.76. The van der Waals surface area contributed by atoms with Crippen molar-refractivity contribution in [3.05, 3.63) is 34.8 Å². The van der Waals surface area contributed by atoms with Crippen molar-refractivity contribution in [3.8, 4) is 16.3 Å². The number of aromatic hydroxyl groups is 1. The standard InChI is InChI=1S/C14H18N2OS/c1-3-12-13(9-15-4-2)18-14(16-12)10-5-7-11(17)8-6-10/h5-8,15,17H,3-4,9H2,1-2H3. The molecule has 0 unspecified atom stereocenters. The first-order chi connectivity index (χ1) is 8.74. The Hall–Kier alpha value is -1.39. The first kappa shape index (κ1) is 13.1. The van der Waals surface area contributed by atoms with Gasteiger partial charge in [-0.1, -0.05) is 13.8 Å². The molecule has 0 aliphatic heterocycles. The maximum atomic E-state index is 9.30. The number of nitrogens with one attached hydrogen (secondary N) is 1. The van der Waals surface area contributed by atoms with E-state index in [1.54, 1.807) is 23.5 Å². The van der Waals surface area contributed by atoms with Gasteiger partial charge in [0, 0.05) is 17.0 Å². The summed E-state index contributed by atoms with van der Waals surface area (Å²) < 4.78 is 0. The summed E-state index contributed by atoms with van der Waals surface area (Å²) in [5.41, 5.74) is 2.24. The lowest BCUT2D eigenvalue weighted by Crippen LogP contribution is -2.11. The number of rotatable bonds is 5. The number of aromatic nitrogens is 1. The second-order valence-electron chi connectivity index (χ2n) is 4.07. The van der Waals surface area contributed by atoms with Gasteiger partial charge in [-0.2, -0.15) is 0 Å². The number of hydrogen-bond acceptors (Lipinski definition) is 4. The molecule has 2 N–H and O–H groups in total. The van der Waals surface area contributed by atoms with Gasteiger partial charge in [0.25, 0.3) is 0 Å². The minimum Gasteiger partial charge on any atom is -0.508 e. The normalized spacial score (nSPS) is 10.8. The van der Waals surface area contributed by atoms with E-state index in [0.29, 0.717) is 5.75 Å². The molecule has 3 nitrogen and oxygen atoms in total. The molecule has 1 aromatic carbocycles. The van der Waals surface area contributed by atoms with Gasteiger partial charge in [0.2, 0.25) is 0 Å². The molecule has 1 aromatic heterocycles. The van der Waals surface area contributed by atoms with Gasteiger partial charge in [-0.3, -0.25) is 0 Å². The highest BCUT2D eigenvalue weighted by Crippen LogP contribution is 2.29. The zero-order valence-electron chi connectivity index (χ0n) is 10.7. The molecule has 0 fully saturated rings. The highest BCUT2D eigenvalue weighted by atomic mass is 32.1. The lowest BCUT2D eigenvalue weighted by molar-refractivity contribution is 0.475. The fourth-order valence-electron chi connectivity index (χ4n) is 1.76. The van der Waals surface area contributed by atoms with Gasteiger partial charge in [-0.25, -0.2) is 4.98 Å². The van der Waals surface area contributed by atoms with E-state index >= 15 is 0 Å². The third-order valence-corrected chi connectivity index (χ3v) is 3.91. The van der Waals surface area contributed by atoms with Crippen LogP contribution >= 0.6 is 11.3 Å². The van der Waals surface area contributed by atoms with Gasteiger partial charge in [0.05, 0.1) is 5.69 Å². The summed E-state index contributed by atoms with van der Waals surface area (Å²) in [6, 6.07) is 7.22. The molecule has 0 saturated heterocycles. The highest BCUT2D eigenvalue weighted by Gasteiger charge is 2.10. The summed E-state index contributed by atoms with van der Waals surface area (Å²) in [7, 11) is 0. The Bertz CT molecular complexity index is 505. The Labute approximate surface area is 112 Å². The van der Waals surface area contributed by atoms with Crippen molar-refractivity contribution in [3.63, 3.8) is 0 Å². The number of phenols is 1. The summed E-state index contributed by atoms with van der Waals surface area (Å²) >= 11 is 1.73. The van der Waals surface area contributed by atoms with Crippen LogP contribution in [-0.4, -0.2) is 16.6 Å². The molecule has 0 spiro atoms. The van der Waals surface area contributed by atoms with Crippen LogP contribution in [0.5, 0.6) is 5.75 Å². The SMILES string of the molecule is CCNCc1sc(-c2ccc(O)cc2)nc1CC. The molecular weight excluding hydrogens is 244 g/mol. The van der Waals surface area contributed by atoms with Gasteiger partial charge >= 0.3 is 0 Å². The van der Waals surface area contributed by atoms with Crippen LogP contribution in [0.15, 0.2) is 24.3 Å². The van der Waals surface area contributed by atoms with Gasteiger partial charge in [-0.05, 0) is 37.2 Å². The van der Waals surface area contributed by atoms with Gasteiger partial charge in [0.15, 0.2) is 0 Å². The Kier molecular flexibility index (Phi) is 4.33. The maximum Gasteiger partial charge on any atom is 0.123 e. The molecule has 0 saturated carbocycles. The first-order valence-corrected chi connectivity index (χ1v) is 7.05. The molecule has 1 heterocycles. The predicted octanol–water partition coefficient (Wildman–Crippen LogP) is 3.19. The van der Waals surface area contributed by atoms with Gasteiger partial charge < -0.3 is 10.4 Å². The van der Waals surface area contributed by atoms with E-state index in [2.05, 4.69) is 24.1 Å². The number of thiazole rings is 1. The van der Waals surface area contributed by atoms with E-state index in [1.165, 1.54) is 10.6 Å². The van der Waals surface area contributed by atoms with Crippen LogP contribution in [0.4, 0.5) is 0 Å². The summed E-state index contributed by atoms with van der Waals surface area (Å²) in [4.78, 5) is 5.99. The topological polar surface area (TPSA) is 45.1 Å². The largest absolute Gasteiger partial charge is 0.508 e. The second kappa shape index (κ2) is 5.98. The summed E-state index contributed by atoms with van der Waals surface area (Å²) in [5, 5.41) is 13.7. The zero-order chi connectivity index (χ0) is 13.0. The molecule has 2 aromatic rings. The number of aryl methyl sites for hydroxylation is 1. The van der Waals surface area contributed by atoms with Crippen LogP contribution < -0.4 is 5.32 Å². The minimum atomic E-state index is 0.291. The van der Waals surface area contributed by atoms with Crippen molar-refractivity contribution in [2.45, 2.75) is 26.8 Å². The van der Waals surface area contributed by atoms with Crippen molar-refractivity contribution in [2.24, 2.45) is 0 Å². The van der Waals surface area contributed by atoms with E-state index in [1.807, 2.05) is 12.1 Å². The molecule has 4 heteroatoms. The summed E-state index contributed by atoms with van der Waals surface area (Å²) in [6.45, 7) is 6.09. The quantitative estimate of drug-likeness (QED) is 0.870. The summed E-state index contributed by atoms with van der Waals surface area (Å²) in [6.07, 6.45) is 0.954. The van der Waals surface area contributed by atoms with E-state index in [4.69, 9.17) is 0 Å². The smallest absolute Gasteiger partial charge is 0.123 e. The molecule has 2 rings (SSSR count). The van der Waals surface area contributed by atoms with Crippen LogP contribution in [0.1, 0.15) is 24.4 Å². The predicted molar refractivity (Wildman–Crippen MR) is 76.0 cm³/mol. The highest BCUT2D eigenvalue weighted by molar-refractivity contribution is 7.15. The van der Waals surface area contributed by atoms with Crippen LogP contribution in [0.3, 0.4) is 0 Å². The Morgan fingerprint density at radius 1 is 1.22 bits per heavy atom. The van der Waals surface area contributed by atoms with Crippen molar-refractivity contribution < 1.29 is 5.11 Å². The molecule has 0 aliphatic rings. The van der Waals surface area contributed by atoms with Crippen molar-refractivity contribution in [1.82, 2.24) is 10.3 Å². The van der Waals surface area contributed by atoms with E-state index < -0.39 is 0 Å². The molecule has 0 radical (unpaired) electrons. The lowest BCUT2D eigenvalue weighted by Gasteiger charge is -1.99. The third kappa shape index (κ3) is 2.89. The first-order valence-electron chi connectivity index (χ1n) is 6.23. The average Bonchev–Trinajstić information content (AvgIpc) is 2.80. The number of hydrogen-bond donors (Lipinski definition) is 2. The van der Waals surface area contributed by atoms with Crippen molar-refractivity contribution >= 4 is 11.3 Å². The van der Waals surface area contributed by atoms with Gasteiger partial charge in [-0.15, -0.1) is 11.3 Å². The Morgan fingerprint density at radius 2 is 1.94 bits per heavy atom. The fourth-order valence-corrected chi connectivity index (χ4v) is 2.89. The average molecular weight is 262 g/mol. The monoisotopic (exact) mass is 262 g/mol. The van der Waals surface area contributed by atoms with E-state index in [0.717, 1.165) is 30.1 Å². The second-order valence-corrected chi connectivity index (χ2v) is 5.15. The zero-order valence-corrected chi connectivity index (χ0v) is 11.5. The number of nitrogens with zero attached hydrogens (tertiary/aromatic N) is 1. The summed E-state index contributed by atoms with van der Waals surface area (Å²) in [5.74, 6) is 0.291. The molecule has 0 aliphatic carbocycles. The van der Waals surface area contributed by atoms with Crippen LogP contribution in [-0.2, 0) is 13.0 Å². The molecule has 0 atom stereocenters. The maximum absolute atomic E-state index is 9.30. The minimum absolute atomic E-state index is 0.291. The molecule has 0 amide bonds. The molecular formula is C14H18N2OS. The lowest BCUT2D eigenvalue weighted by atomic mass is 10.2. The molecule has 0 bridgehead atoms. The van der Waals surface area contributed by atoms with Gasteiger partial charge in [0.1, 0.15) is 10.8 Å². The van der Waals surface area contributed by atoms with Crippen LogP contribution in [0, 0.1) is 0 Å². The van der Waals surface area contributed by atoms with Crippen LogP contribution in [0.25, 0.3) is 10.6 Å². The van der Waals surface area contributed by atoms with Crippen LogP contribution in [0.2, 0.25) is 0 Å². The van der Waals surface area contributed by atoms with E-state index in [9.17, 15) is 5.11 Å². The van der Waals surface area contributed by atoms with E-state index in [-0.39, 0.29) is 0 Å². The molecule has 18 heavy (non-hydrogen) atoms. The molecule has 96 valence electrons. The Morgan fingerprint density at radius 3 is 2.56 bits per heavy atom. The fraction of sp³-hybridized carbons (Fsp3) is 0.357. The Balaban J connectivity index is 2.28. The number of phenolic OH excluding ortho intramolecular Hbond substituents is 1. The number of benzene rings is 1.